The zero-order valence-electron chi connectivity index (χ0n) is 11.3. The van der Waals surface area contributed by atoms with Crippen LogP contribution in [0.1, 0.15) is 38.2 Å². The molecule has 3 N–H and O–H groups in total. The van der Waals surface area contributed by atoms with E-state index in [0.717, 1.165) is 31.2 Å². The van der Waals surface area contributed by atoms with Crippen LogP contribution in [-0.4, -0.2) is 22.4 Å². The van der Waals surface area contributed by atoms with Crippen LogP contribution in [0.25, 0.3) is 0 Å². The smallest absolute Gasteiger partial charge is 0.165 e. The highest BCUT2D eigenvalue weighted by atomic mass is 19.1. The van der Waals surface area contributed by atoms with Crippen molar-refractivity contribution < 1.29 is 14.6 Å². The largest absolute Gasteiger partial charge is 0.505 e. The first kappa shape index (κ1) is 14.3. The van der Waals surface area contributed by atoms with Crippen molar-refractivity contribution in [2.24, 2.45) is 5.92 Å². The summed E-state index contributed by atoms with van der Waals surface area (Å²) in [6.45, 7) is 3.24. The van der Waals surface area contributed by atoms with Gasteiger partial charge in [0.15, 0.2) is 11.6 Å². The Balaban J connectivity index is 1.81. The van der Waals surface area contributed by atoms with E-state index in [9.17, 15) is 9.50 Å². The van der Waals surface area contributed by atoms with Gasteiger partial charge in [-0.1, -0.05) is 13.0 Å². The summed E-state index contributed by atoms with van der Waals surface area (Å²) >= 11 is 0. The van der Waals surface area contributed by atoms with E-state index in [4.69, 9.17) is 5.11 Å². The number of phenolic OH excluding ortho intramolecular Hbond substituents is 1. The third-order valence-electron chi connectivity index (χ3n) is 4.00. The lowest BCUT2D eigenvalue weighted by molar-refractivity contribution is -0.00630. The molecule has 4 heteroatoms. The molecule has 0 atom stereocenters. The van der Waals surface area contributed by atoms with E-state index >= 15 is 0 Å². The molecule has 1 aliphatic rings. The van der Waals surface area contributed by atoms with E-state index in [2.05, 4.69) is 12.2 Å². The molecule has 0 heterocycles. The molecule has 1 fully saturated rings. The van der Waals surface area contributed by atoms with Crippen molar-refractivity contribution in [1.29, 1.82) is 0 Å². The van der Waals surface area contributed by atoms with Crippen LogP contribution in [0.4, 0.5) is 4.39 Å². The summed E-state index contributed by atoms with van der Waals surface area (Å²) in [5, 5.41) is 22.7. The molecule has 0 radical (unpaired) electrons. The minimum atomic E-state index is -0.623. The maximum absolute atomic E-state index is 13.2. The van der Waals surface area contributed by atoms with Crippen LogP contribution in [0.15, 0.2) is 18.2 Å². The molecule has 1 aromatic carbocycles. The number of aromatic hydroxyl groups is 1. The first-order chi connectivity index (χ1) is 8.98. The minimum Gasteiger partial charge on any atom is -0.505 e. The van der Waals surface area contributed by atoms with Gasteiger partial charge in [0.2, 0.25) is 0 Å². The number of hydrogen-bond donors (Lipinski definition) is 3. The molecule has 0 aliphatic heterocycles. The molecule has 0 spiro atoms. The van der Waals surface area contributed by atoms with E-state index in [1.807, 2.05) is 0 Å². The summed E-state index contributed by atoms with van der Waals surface area (Å²) < 4.78 is 13.2. The van der Waals surface area contributed by atoms with Crippen LogP contribution in [0, 0.1) is 11.7 Å². The molecule has 0 unspecified atom stereocenters. The highest BCUT2D eigenvalue weighted by Crippen LogP contribution is 2.31. The molecule has 106 valence electrons. The van der Waals surface area contributed by atoms with E-state index in [0.29, 0.717) is 19.0 Å². The van der Waals surface area contributed by atoms with Gasteiger partial charge in [0.05, 0.1) is 5.60 Å². The molecule has 1 aliphatic carbocycles. The quantitative estimate of drug-likeness (QED) is 0.786. The van der Waals surface area contributed by atoms with Crippen molar-refractivity contribution in [1.82, 2.24) is 5.32 Å². The molecule has 0 bridgehead atoms. The number of nitrogens with one attached hydrogen (secondary N) is 1. The van der Waals surface area contributed by atoms with Crippen molar-refractivity contribution in [3.05, 3.63) is 29.6 Å². The predicted octanol–water partition coefficient (Wildman–Crippen LogP) is 2.56. The van der Waals surface area contributed by atoms with Gasteiger partial charge in [-0.05, 0) is 49.3 Å². The van der Waals surface area contributed by atoms with Crippen LogP contribution in [-0.2, 0) is 6.54 Å². The van der Waals surface area contributed by atoms with Crippen LogP contribution >= 0.6 is 0 Å². The van der Waals surface area contributed by atoms with E-state index in [1.54, 1.807) is 6.07 Å². The van der Waals surface area contributed by atoms with Crippen LogP contribution < -0.4 is 5.32 Å². The number of hydrogen-bond acceptors (Lipinski definition) is 3. The van der Waals surface area contributed by atoms with Crippen molar-refractivity contribution in [2.75, 3.05) is 6.54 Å². The lowest BCUT2D eigenvalue weighted by atomic mass is 9.79. The second-order valence-electron chi connectivity index (χ2n) is 5.80. The first-order valence-electron chi connectivity index (χ1n) is 6.89. The van der Waals surface area contributed by atoms with Gasteiger partial charge in [0.1, 0.15) is 0 Å². The van der Waals surface area contributed by atoms with Gasteiger partial charge in [-0.15, -0.1) is 0 Å². The van der Waals surface area contributed by atoms with Crippen LogP contribution in [0.2, 0.25) is 0 Å². The highest BCUT2D eigenvalue weighted by Gasteiger charge is 2.31. The Labute approximate surface area is 113 Å². The zero-order chi connectivity index (χ0) is 13.9. The lowest BCUT2D eigenvalue weighted by Gasteiger charge is -2.35. The maximum atomic E-state index is 13.2. The number of rotatable bonds is 4. The molecule has 2 rings (SSSR count). The Kier molecular flexibility index (Phi) is 4.42. The van der Waals surface area contributed by atoms with Gasteiger partial charge in [0, 0.05) is 13.1 Å². The monoisotopic (exact) mass is 267 g/mol. The number of phenols is 1. The normalized spacial score (nSPS) is 27.4. The fourth-order valence-corrected chi connectivity index (χ4v) is 2.58. The van der Waals surface area contributed by atoms with Gasteiger partial charge in [0.25, 0.3) is 0 Å². The average molecular weight is 267 g/mol. The molecule has 1 aromatic rings. The number of benzene rings is 1. The van der Waals surface area contributed by atoms with Gasteiger partial charge in [-0.2, -0.15) is 0 Å². The first-order valence-corrected chi connectivity index (χ1v) is 6.89. The van der Waals surface area contributed by atoms with E-state index in [-0.39, 0.29) is 5.75 Å². The number of aliphatic hydroxyl groups is 1. The standard InChI is InChI=1S/C15H22FNO2/c1-11-4-6-15(19,7-5-11)10-17-9-12-2-3-14(18)13(16)8-12/h2-3,8,11,17-19H,4-7,9-10H2,1H3. The summed E-state index contributed by atoms with van der Waals surface area (Å²) in [4.78, 5) is 0. The Bertz CT molecular complexity index is 428. The van der Waals surface area contributed by atoms with E-state index in [1.165, 1.54) is 12.1 Å². The Morgan fingerprint density at radius 1 is 1.37 bits per heavy atom. The second kappa shape index (κ2) is 5.88. The molecular weight excluding hydrogens is 245 g/mol. The van der Waals surface area contributed by atoms with Crippen LogP contribution in [0.5, 0.6) is 5.75 Å². The van der Waals surface area contributed by atoms with Crippen molar-refractivity contribution in [2.45, 2.75) is 44.8 Å². The topological polar surface area (TPSA) is 52.5 Å². The Morgan fingerprint density at radius 2 is 2.05 bits per heavy atom. The summed E-state index contributed by atoms with van der Waals surface area (Å²) in [7, 11) is 0. The van der Waals surface area contributed by atoms with Crippen LogP contribution in [0.3, 0.4) is 0 Å². The van der Waals surface area contributed by atoms with Gasteiger partial charge < -0.3 is 15.5 Å². The van der Waals surface area contributed by atoms with Gasteiger partial charge >= 0.3 is 0 Å². The van der Waals surface area contributed by atoms with Gasteiger partial charge in [-0.3, -0.25) is 0 Å². The summed E-state index contributed by atoms with van der Waals surface area (Å²) in [5.74, 6) is -0.236. The lowest BCUT2D eigenvalue weighted by Crippen LogP contribution is -2.43. The molecule has 0 saturated heterocycles. The van der Waals surface area contributed by atoms with Crippen molar-refractivity contribution in [3.63, 3.8) is 0 Å². The SMILES string of the molecule is CC1CCC(O)(CNCc2ccc(O)c(F)c2)CC1. The average Bonchev–Trinajstić information content (AvgIpc) is 2.38. The number of halogens is 1. The fourth-order valence-electron chi connectivity index (χ4n) is 2.58. The van der Waals surface area contributed by atoms with Crippen molar-refractivity contribution >= 4 is 0 Å². The van der Waals surface area contributed by atoms with Crippen molar-refractivity contribution in [3.8, 4) is 5.75 Å². The molecule has 3 nitrogen and oxygen atoms in total. The summed E-state index contributed by atoms with van der Waals surface area (Å²) in [6, 6.07) is 4.34. The minimum absolute atomic E-state index is 0.330. The third kappa shape index (κ3) is 3.91. The fraction of sp³-hybridized carbons (Fsp3) is 0.600. The molecule has 1 saturated carbocycles. The third-order valence-corrected chi connectivity index (χ3v) is 4.00. The maximum Gasteiger partial charge on any atom is 0.165 e. The zero-order valence-corrected chi connectivity index (χ0v) is 11.3. The van der Waals surface area contributed by atoms with Gasteiger partial charge in [-0.25, -0.2) is 4.39 Å². The predicted molar refractivity (Wildman–Crippen MR) is 72.4 cm³/mol. The second-order valence-corrected chi connectivity index (χ2v) is 5.80. The Morgan fingerprint density at radius 3 is 2.68 bits per heavy atom. The molecular formula is C15H22FNO2. The van der Waals surface area contributed by atoms with E-state index < -0.39 is 11.4 Å². The highest BCUT2D eigenvalue weighted by molar-refractivity contribution is 5.27. The summed E-state index contributed by atoms with van der Waals surface area (Å²) in [5.41, 5.74) is 0.144. The molecule has 0 amide bonds. The summed E-state index contributed by atoms with van der Waals surface area (Å²) in [6.07, 6.45) is 3.77. The Hall–Kier alpha value is -1.13. The molecule has 19 heavy (non-hydrogen) atoms. The molecule has 0 aromatic heterocycles.